The molecule has 0 aliphatic heterocycles. The maximum absolute atomic E-state index is 12.3. The molecule has 1 fully saturated rings. The molecule has 0 aromatic carbocycles. The third kappa shape index (κ3) is 2.50. The van der Waals surface area contributed by atoms with Crippen molar-refractivity contribution in [1.29, 1.82) is 0 Å². The Hall–Kier alpha value is -1.78. The molecule has 0 saturated heterocycles. The summed E-state index contributed by atoms with van der Waals surface area (Å²) in [5, 5.41) is 12.0. The van der Waals surface area contributed by atoms with Gasteiger partial charge in [0.15, 0.2) is 0 Å². The third-order valence-electron chi connectivity index (χ3n) is 4.09. The molecule has 19 heavy (non-hydrogen) atoms. The van der Waals surface area contributed by atoms with Crippen molar-refractivity contribution >= 4 is 11.9 Å². The van der Waals surface area contributed by atoms with Gasteiger partial charge in [0, 0.05) is 11.7 Å². The van der Waals surface area contributed by atoms with Crippen LogP contribution in [0.2, 0.25) is 0 Å². The van der Waals surface area contributed by atoms with Crippen LogP contribution in [0.4, 0.5) is 0 Å². The topological polar surface area (TPSA) is 82.2 Å². The van der Waals surface area contributed by atoms with Crippen LogP contribution in [-0.2, 0) is 0 Å². The number of amides is 1. The van der Waals surface area contributed by atoms with E-state index in [0.717, 1.165) is 12.8 Å². The van der Waals surface area contributed by atoms with Crippen molar-refractivity contribution in [2.75, 3.05) is 0 Å². The number of H-pyrrole nitrogens is 1. The normalized spacial score (nSPS) is 16.8. The molecule has 5 heteroatoms. The molecule has 1 unspecified atom stereocenters. The molecule has 1 heterocycles. The van der Waals surface area contributed by atoms with Crippen LogP contribution in [-0.4, -0.2) is 28.0 Å². The minimum atomic E-state index is -1.04. The summed E-state index contributed by atoms with van der Waals surface area (Å²) in [6.07, 6.45) is 3.55. The monoisotopic (exact) mass is 264 g/mol. The molecule has 1 amide bonds. The second kappa shape index (κ2) is 5.07. The number of hydrogen-bond acceptors (Lipinski definition) is 2. The van der Waals surface area contributed by atoms with Crippen molar-refractivity contribution in [2.45, 2.75) is 46.1 Å². The van der Waals surface area contributed by atoms with E-state index in [4.69, 9.17) is 5.11 Å². The molecule has 1 aliphatic carbocycles. The number of carbonyl (C=O) groups is 2. The Morgan fingerprint density at radius 2 is 2.00 bits per heavy atom. The van der Waals surface area contributed by atoms with Gasteiger partial charge in [-0.15, -0.1) is 0 Å². The molecule has 2 rings (SSSR count). The summed E-state index contributed by atoms with van der Waals surface area (Å²) in [5.41, 5.74) is 1.67. The smallest absolute Gasteiger partial charge is 0.352 e. The van der Waals surface area contributed by atoms with Gasteiger partial charge >= 0.3 is 5.97 Å². The fourth-order valence-electron chi connectivity index (χ4n) is 2.64. The first kappa shape index (κ1) is 13.6. The second-order valence-corrected chi connectivity index (χ2v) is 5.38. The summed E-state index contributed by atoms with van der Waals surface area (Å²) in [6.45, 7) is 5.40. The van der Waals surface area contributed by atoms with Gasteiger partial charge in [0.05, 0.1) is 5.56 Å². The number of aromatic amines is 1. The third-order valence-corrected chi connectivity index (χ3v) is 4.09. The van der Waals surface area contributed by atoms with Crippen LogP contribution in [0.25, 0.3) is 0 Å². The zero-order chi connectivity index (χ0) is 14.2. The second-order valence-electron chi connectivity index (χ2n) is 5.38. The molecule has 3 N–H and O–H groups in total. The number of hydrogen-bond donors (Lipinski definition) is 3. The van der Waals surface area contributed by atoms with E-state index in [1.807, 2.05) is 6.92 Å². The van der Waals surface area contributed by atoms with Gasteiger partial charge in [-0.3, -0.25) is 4.79 Å². The lowest BCUT2D eigenvalue weighted by Gasteiger charge is -2.31. The Labute approximate surface area is 112 Å². The Kier molecular flexibility index (Phi) is 3.64. The molecule has 104 valence electrons. The van der Waals surface area contributed by atoms with Crippen LogP contribution in [0.15, 0.2) is 0 Å². The first-order valence-electron chi connectivity index (χ1n) is 6.65. The summed E-state index contributed by atoms with van der Waals surface area (Å²) in [5.74, 6) is -0.660. The van der Waals surface area contributed by atoms with E-state index in [1.165, 1.54) is 6.42 Å². The number of rotatable bonds is 4. The first-order chi connectivity index (χ1) is 8.91. The molecule has 1 atom stereocenters. The predicted molar refractivity (Wildman–Crippen MR) is 71.5 cm³/mol. The summed E-state index contributed by atoms with van der Waals surface area (Å²) in [6, 6.07) is 0.142. The van der Waals surface area contributed by atoms with Crippen molar-refractivity contribution in [3.63, 3.8) is 0 Å². The highest BCUT2D eigenvalue weighted by atomic mass is 16.4. The largest absolute Gasteiger partial charge is 0.477 e. The zero-order valence-corrected chi connectivity index (χ0v) is 11.5. The molecule has 1 aliphatic rings. The number of aryl methyl sites for hydroxylation is 1. The van der Waals surface area contributed by atoms with Crippen molar-refractivity contribution < 1.29 is 14.7 Å². The number of aromatic carboxylic acids is 1. The van der Waals surface area contributed by atoms with Gasteiger partial charge in [0.2, 0.25) is 0 Å². The number of carboxylic acids is 1. The summed E-state index contributed by atoms with van der Waals surface area (Å²) in [4.78, 5) is 26.0. The van der Waals surface area contributed by atoms with Crippen LogP contribution in [0.5, 0.6) is 0 Å². The molecule has 1 saturated carbocycles. The minimum absolute atomic E-state index is 0.0962. The molecular weight excluding hydrogens is 244 g/mol. The number of carboxylic acid groups (broad SMARTS) is 1. The van der Waals surface area contributed by atoms with Gasteiger partial charge in [0.1, 0.15) is 5.69 Å². The standard InChI is InChI=1S/C14H20N2O3/c1-7-11(9(3)15-12(7)14(18)19)13(17)16-8(2)10-5-4-6-10/h8,10,15H,4-6H2,1-3H3,(H,16,17)(H,18,19). The van der Waals surface area contributed by atoms with E-state index in [1.54, 1.807) is 13.8 Å². The van der Waals surface area contributed by atoms with Crippen LogP contribution >= 0.6 is 0 Å². The maximum Gasteiger partial charge on any atom is 0.352 e. The summed E-state index contributed by atoms with van der Waals surface area (Å²) < 4.78 is 0. The average molecular weight is 264 g/mol. The lowest BCUT2D eigenvalue weighted by atomic mass is 9.80. The highest BCUT2D eigenvalue weighted by molar-refractivity contribution is 6.00. The highest BCUT2D eigenvalue weighted by Gasteiger charge is 2.27. The van der Waals surface area contributed by atoms with E-state index in [0.29, 0.717) is 22.7 Å². The lowest BCUT2D eigenvalue weighted by Crippen LogP contribution is -2.41. The summed E-state index contributed by atoms with van der Waals surface area (Å²) >= 11 is 0. The van der Waals surface area contributed by atoms with Crippen LogP contribution in [0.3, 0.4) is 0 Å². The van der Waals surface area contributed by atoms with E-state index >= 15 is 0 Å². The molecule has 0 radical (unpaired) electrons. The fraction of sp³-hybridized carbons (Fsp3) is 0.571. The van der Waals surface area contributed by atoms with Crippen LogP contribution < -0.4 is 5.32 Å². The molecule has 5 nitrogen and oxygen atoms in total. The minimum Gasteiger partial charge on any atom is -0.477 e. The Bertz CT molecular complexity index is 515. The maximum atomic E-state index is 12.3. The van der Waals surface area contributed by atoms with E-state index in [9.17, 15) is 9.59 Å². The number of aromatic nitrogens is 1. The molecular formula is C14H20N2O3. The highest BCUT2D eigenvalue weighted by Crippen LogP contribution is 2.29. The average Bonchev–Trinajstić information content (AvgIpc) is 2.51. The zero-order valence-electron chi connectivity index (χ0n) is 11.5. The lowest BCUT2D eigenvalue weighted by molar-refractivity contribution is 0.0690. The van der Waals surface area contributed by atoms with E-state index in [-0.39, 0.29) is 17.6 Å². The fourth-order valence-corrected chi connectivity index (χ4v) is 2.64. The van der Waals surface area contributed by atoms with Crippen LogP contribution in [0, 0.1) is 19.8 Å². The van der Waals surface area contributed by atoms with Gasteiger partial charge in [-0.25, -0.2) is 4.79 Å². The first-order valence-corrected chi connectivity index (χ1v) is 6.65. The number of nitrogens with one attached hydrogen (secondary N) is 2. The molecule has 0 bridgehead atoms. The molecule has 0 spiro atoms. The van der Waals surface area contributed by atoms with Gasteiger partial charge < -0.3 is 15.4 Å². The molecule has 1 aromatic heterocycles. The quantitative estimate of drug-likeness (QED) is 0.780. The van der Waals surface area contributed by atoms with Gasteiger partial charge in [-0.2, -0.15) is 0 Å². The number of carbonyl (C=O) groups excluding carboxylic acids is 1. The SMILES string of the molecule is Cc1[nH]c(C(=O)O)c(C)c1C(=O)NC(C)C1CCC1. The van der Waals surface area contributed by atoms with Gasteiger partial charge in [-0.1, -0.05) is 6.42 Å². The Morgan fingerprint density at radius 3 is 2.42 bits per heavy atom. The Morgan fingerprint density at radius 1 is 1.37 bits per heavy atom. The van der Waals surface area contributed by atoms with Gasteiger partial charge in [0.25, 0.3) is 5.91 Å². The van der Waals surface area contributed by atoms with E-state index in [2.05, 4.69) is 10.3 Å². The van der Waals surface area contributed by atoms with Crippen molar-refractivity contribution in [1.82, 2.24) is 10.3 Å². The van der Waals surface area contributed by atoms with Crippen molar-refractivity contribution in [3.8, 4) is 0 Å². The Balaban J connectivity index is 2.16. The van der Waals surface area contributed by atoms with Crippen LogP contribution in [0.1, 0.15) is 58.3 Å². The van der Waals surface area contributed by atoms with Gasteiger partial charge in [-0.05, 0) is 45.1 Å². The van der Waals surface area contributed by atoms with Crippen molar-refractivity contribution in [2.24, 2.45) is 5.92 Å². The molecule has 1 aromatic rings. The van der Waals surface area contributed by atoms with E-state index < -0.39 is 5.97 Å². The van der Waals surface area contributed by atoms with Crippen molar-refractivity contribution in [3.05, 3.63) is 22.5 Å². The predicted octanol–water partition coefficient (Wildman–Crippen LogP) is 2.25. The summed E-state index contributed by atoms with van der Waals surface area (Å²) in [7, 11) is 0.